The summed E-state index contributed by atoms with van der Waals surface area (Å²) in [6, 6.07) is 9.25. The number of nitrogens with one attached hydrogen (secondary N) is 1. The van der Waals surface area contributed by atoms with Crippen LogP contribution >= 0.6 is 0 Å². The highest BCUT2D eigenvalue weighted by Gasteiger charge is 2.53. The second-order valence-electron chi connectivity index (χ2n) is 5.03. The number of aliphatic hydroxyl groups is 1. The van der Waals surface area contributed by atoms with E-state index in [1.807, 2.05) is 30.3 Å². The normalized spacial score (nSPS) is 21.8. The van der Waals surface area contributed by atoms with E-state index in [0.717, 1.165) is 18.5 Å². The van der Waals surface area contributed by atoms with Crippen LogP contribution in [0.25, 0.3) is 0 Å². The van der Waals surface area contributed by atoms with Crippen molar-refractivity contribution in [3.05, 3.63) is 30.3 Å². The van der Waals surface area contributed by atoms with E-state index in [4.69, 9.17) is 0 Å². The number of nitrogens with zero attached hydrogens (tertiary/aromatic N) is 1. The fourth-order valence-electron chi connectivity index (χ4n) is 2.36. The second kappa shape index (κ2) is 3.74. The van der Waals surface area contributed by atoms with Crippen LogP contribution in [0.4, 0.5) is 10.5 Å². The van der Waals surface area contributed by atoms with Gasteiger partial charge in [-0.2, -0.15) is 0 Å². The van der Waals surface area contributed by atoms with Gasteiger partial charge in [-0.25, -0.2) is 4.79 Å². The first-order valence-corrected chi connectivity index (χ1v) is 6.01. The highest BCUT2D eigenvalue weighted by molar-refractivity contribution is 5.90. The number of rotatable bonds is 2. The maximum atomic E-state index is 11.8. The number of anilines is 1. The Morgan fingerprint density at radius 2 is 1.94 bits per heavy atom. The molecule has 2 N–H and O–H groups in total. The number of hydrogen-bond acceptors (Lipinski definition) is 2. The molecule has 4 nitrogen and oxygen atoms in total. The molecule has 0 bridgehead atoms. The van der Waals surface area contributed by atoms with Crippen LogP contribution in [-0.2, 0) is 0 Å². The largest absolute Gasteiger partial charge is 0.386 e. The number of likely N-dealkylation sites (tertiary alicyclic amines) is 1. The van der Waals surface area contributed by atoms with Gasteiger partial charge in [0.15, 0.2) is 0 Å². The second-order valence-corrected chi connectivity index (χ2v) is 5.03. The molecule has 1 aromatic carbocycles. The first-order valence-electron chi connectivity index (χ1n) is 6.01. The molecule has 2 aliphatic rings. The Bertz CT molecular complexity index is 422. The standard InChI is InChI=1S/C13H16N2O2/c16-12(14-11-4-2-1-3-5-11)15-8-13(17,9-15)10-6-7-10/h1-5,10,17H,6-9H2,(H,14,16). The van der Waals surface area contributed by atoms with Crippen LogP contribution in [0.1, 0.15) is 12.8 Å². The van der Waals surface area contributed by atoms with Crippen molar-refractivity contribution in [2.45, 2.75) is 18.4 Å². The fourth-order valence-corrected chi connectivity index (χ4v) is 2.36. The molecule has 0 radical (unpaired) electrons. The van der Waals surface area contributed by atoms with Gasteiger partial charge < -0.3 is 15.3 Å². The van der Waals surface area contributed by atoms with E-state index in [1.165, 1.54) is 0 Å². The molecule has 0 atom stereocenters. The van der Waals surface area contributed by atoms with Crippen LogP contribution in [0.5, 0.6) is 0 Å². The number of amides is 2. The number of β-amino-alcohol motifs (C(OH)–C–C–N with tert-alkyl or cyclic N) is 1. The Morgan fingerprint density at radius 1 is 1.29 bits per heavy atom. The quantitative estimate of drug-likeness (QED) is 0.815. The van der Waals surface area contributed by atoms with E-state index >= 15 is 0 Å². The first-order chi connectivity index (χ1) is 8.17. The number of carbonyl (C=O) groups excluding carboxylic acids is 1. The maximum Gasteiger partial charge on any atom is 0.322 e. The highest BCUT2D eigenvalue weighted by atomic mass is 16.3. The van der Waals surface area contributed by atoms with Crippen molar-refractivity contribution in [3.63, 3.8) is 0 Å². The van der Waals surface area contributed by atoms with E-state index in [1.54, 1.807) is 4.90 Å². The van der Waals surface area contributed by atoms with Crippen LogP contribution in [0.3, 0.4) is 0 Å². The summed E-state index contributed by atoms with van der Waals surface area (Å²) in [5.41, 5.74) is 0.188. The summed E-state index contributed by atoms with van der Waals surface area (Å²) < 4.78 is 0. The molecule has 0 unspecified atom stereocenters. The van der Waals surface area contributed by atoms with Crippen LogP contribution in [0.2, 0.25) is 0 Å². The lowest BCUT2D eigenvalue weighted by Crippen LogP contribution is -2.65. The first kappa shape index (κ1) is 10.6. The summed E-state index contributed by atoms with van der Waals surface area (Å²) >= 11 is 0. The zero-order valence-electron chi connectivity index (χ0n) is 9.60. The monoisotopic (exact) mass is 232 g/mol. The van der Waals surface area contributed by atoms with Crippen molar-refractivity contribution in [3.8, 4) is 0 Å². The highest BCUT2D eigenvalue weighted by Crippen LogP contribution is 2.44. The average molecular weight is 232 g/mol. The zero-order chi connectivity index (χ0) is 11.9. The molecule has 1 aliphatic heterocycles. The average Bonchev–Trinajstić information content (AvgIpc) is 3.10. The van der Waals surface area contributed by atoms with Gasteiger partial charge in [0.1, 0.15) is 5.60 Å². The summed E-state index contributed by atoms with van der Waals surface area (Å²) in [6.45, 7) is 0.937. The molecule has 4 heteroatoms. The van der Waals surface area contributed by atoms with Crippen molar-refractivity contribution in [2.24, 2.45) is 5.92 Å². The molecule has 90 valence electrons. The molecule has 1 saturated carbocycles. The maximum absolute atomic E-state index is 11.8. The molecule has 0 aromatic heterocycles. The predicted octanol–water partition coefficient (Wildman–Crippen LogP) is 1.68. The summed E-state index contributed by atoms with van der Waals surface area (Å²) in [5.74, 6) is 0.420. The lowest BCUT2D eigenvalue weighted by Gasteiger charge is -2.46. The Kier molecular flexibility index (Phi) is 2.33. The van der Waals surface area contributed by atoms with Crippen LogP contribution in [0, 0.1) is 5.92 Å². The zero-order valence-corrected chi connectivity index (χ0v) is 9.60. The molecular formula is C13H16N2O2. The Hall–Kier alpha value is -1.55. The predicted molar refractivity (Wildman–Crippen MR) is 64.7 cm³/mol. The van der Waals surface area contributed by atoms with Gasteiger partial charge >= 0.3 is 6.03 Å². The van der Waals surface area contributed by atoms with Gasteiger partial charge in [0.25, 0.3) is 0 Å². The molecule has 1 aliphatic carbocycles. The number of urea groups is 1. The molecule has 1 aromatic rings. The van der Waals surface area contributed by atoms with E-state index in [2.05, 4.69) is 5.32 Å². The van der Waals surface area contributed by atoms with Gasteiger partial charge in [-0.05, 0) is 30.9 Å². The van der Waals surface area contributed by atoms with Gasteiger partial charge in [0, 0.05) is 5.69 Å². The molecular weight excluding hydrogens is 216 g/mol. The van der Waals surface area contributed by atoms with Crippen molar-refractivity contribution in [1.82, 2.24) is 4.90 Å². The number of carbonyl (C=O) groups is 1. The number of para-hydroxylation sites is 1. The Balaban J connectivity index is 1.55. The van der Waals surface area contributed by atoms with Crippen molar-refractivity contribution < 1.29 is 9.90 Å². The molecule has 2 amide bonds. The lowest BCUT2D eigenvalue weighted by atomic mass is 9.89. The van der Waals surface area contributed by atoms with Crippen LogP contribution in [-0.4, -0.2) is 34.7 Å². The SMILES string of the molecule is O=C(Nc1ccccc1)N1CC(O)(C2CC2)C1. The summed E-state index contributed by atoms with van der Waals surface area (Å²) in [4.78, 5) is 13.5. The third kappa shape index (κ3) is 2.00. The minimum Gasteiger partial charge on any atom is -0.386 e. The molecule has 2 fully saturated rings. The van der Waals surface area contributed by atoms with Crippen molar-refractivity contribution in [2.75, 3.05) is 18.4 Å². The summed E-state index contributed by atoms with van der Waals surface area (Å²) in [5, 5.41) is 12.9. The van der Waals surface area contributed by atoms with Crippen molar-refractivity contribution in [1.29, 1.82) is 0 Å². The van der Waals surface area contributed by atoms with Gasteiger partial charge in [0.2, 0.25) is 0 Å². The van der Waals surface area contributed by atoms with E-state index in [0.29, 0.717) is 19.0 Å². The van der Waals surface area contributed by atoms with Gasteiger partial charge in [-0.3, -0.25) is 0 Å². The fraction of sp³-hybridized carbons (Fsp3) is 0.462. The lowest BCUT2D eigenvalue weighted by molar-refractivity contribution is -0.0897. The minimum atomic E-state index is -0.603. The molecule has 0 spiro atoms. The van der Waals surface area contributed by atoms with E-state index in [-0.39, 0.29) is 6.03 Å². The smallest absolute Gasteiger partial charge is 0.322 e. The third-order valence-corrected chi connectivity index (χ3v) is 3.58. The topological polar surface area (TPSA) is 52.6 Å². The van der Waals surface area contributed by atoms with Gasteiger partial charge in [0.05, 0.1) is 13.1 Å². The van der Waals surface area contributed by atoms with Crippen molar-refractivity contribution >= 4 is 11.7 Å². The third-order valence-electron chi connectivity index (χ3n) is 3.58. The van der Waals surface area contributed by atoms with Gasteiger partial charge in [-0.15, -0.1) is 0 Å². The molecule has 3 rings (SSSR count). The number of benzene rings is 1. The van der Waals surface area contributed by atoms with E-state index in [9.17, 15) is 9.90 Å². The van der Waals surface area contributed by atoms with Crippen LogP contribution in [0.15, 0.2) is 30.3 Å². The van der Waals surface area contributed by atoms with Gasteiger partial charge in [-0.1, -0.05) is 18.2 Å². The Morgan fingerprint density at radius 3 is 2.53 bits per heavy atom. The number of hydrogen-bond donors (Lipinski definition) is 2. The molecule has 17 heavy (non-hydrogen) atoms. The minimum absolute atomic E-state index is 0.124. The van der Waals surface area contributed by atoms with Crippen LogP contribution < -0.4 is 5.32 Å². The summed E-state index contributed by atoms with van der Waals surface area (Å²) in [6.07, 6.45) is 2.20. The summed E-state index contributed by atoms with van der Waals surface area (Å²) in [7, 11) is 0. The molecule has 1 saturated heterocycles. The van der Waals surface area contributed by atoms with E-state index < -0.39 is 5.60 Å². The molecule has 1 heterocycles. The Labute approximate surface area is 100 Å².